The van der Waals surface area contributed by atoms with E-state index < -0.39 is 10.6 Å². The normalized spacial score (nSPS) is 20.5. The van der Waals surface area contributed by atoms with E-state index in [9.17, 15) is 9.00 Å². The predicted molar refractivity (Wildman–Crippen MR) is 123 cm³/mol. The average Bonchev–Trinajstić information content (AvgIpc) is 3.38. The van der Waals surface area contributed by atoms with Gasteiger partial charge < -0.3 is 10.2 Å². The number of hydrogen-bond donors (Lipinski definition) is 3. The van der Waals surface area contributed by atoms with Gasteiger partial charge in [0, 0.05) is 38.1 Å². The maximum absolute atomic E-state index is 12.6. The van der Waals surface area contributed by atoms with Crippen molar-refractivity contribution in [3.63, 3.8) is 0 Å². The van der Waals surface area contributed by atoms with Crippen molar-refractivity contribution in [3.05, 3.63) is 47.5 Å². The van der Waals surface area contributed by atoms with Crippen LogP contribution in [0.4, 0.5) is 4.79 Å². The van der Waals surface area contributed by atoms with Crippen LogP contribution in [0.1, 0.15) is 37.2 Å². The molecule has 0 aliphatic carbocycles. The largest absolute Gasteiger partial charge is 0.331 e. The van der Waals surface area contributed by atoms with E-state index in [2.05, 4.69) is 50.3 Å². The van der Waals surface area contributed by atoms with Crippen molar-refractivity contribution in [2.75, 3.05) is 19.6 Å². The molecule has 0 saturated carbocycles. The van der Waals surface area contributed by atoms with Gasteiger partial charge in [-0.15, -0.1) is 11.3 Å². The first-order valence-corrected chi connectivity index (χ1v) is 12.7. The first-order chi connectivity index (χ1) is 15.4. The van der Waals surface area contributed by atoms with Crippen molar-refractivity contribution in [1.82, 2.24) is 30.1 Å². The van der Waals surface area contributed by atoms with Gasteiger partial charge in [-0.2, -0.15) is 0 Å². The van der Waals surface area contributed by atoms with Gasteiger partial charge in [0.25, 0.3) is 0 Å². The fourth-order valence-electron chi connectivity index (χ4n) is 4.58. The molecule has 2 aliphatic rings. The van der Waals surface area contributed by atoms with Crippen molar-refractivity contribution in [2.24, 2.45) is 0 Å². The second-order valence-electron chi connectivity index (χ2n) is 8.51. The van der Waals surface area contributed by atoms with E-state index in [1.54, 1.807) is 16.2 Å². The molecule has 0 radical (unpaired) electrons. The van der Waals surface area contributed by atoms with Crippen LogP contribution < -0.4 is 5.32 Å². The van der Waals surface area contributed by atoms with E-state index in [1.165, 1.54) is 22.7 Å². The zero-order chi connectivity index (χ0) is 22.3. The molecule has 2 N–H and O–H groups in total. The van der Waals surface area contributed by atoms with Crippen LogP contribution in [0.15, 0.2) is 41.0 Å². The standard InChI is InChI=1S/C21H25N7O2S2/c1-14(15-2-3-18-17(8-15)25-13-31-18)27-6-4-21(5-7-27)12-28(20(29)26-21)11-19-23-9-16(10-24-19)32(22)30/h2-3,8-10,13-14,22,32H,4-7,11-12H2,1H3,(H,26,29)/t14-/m1/s1. The van der Waals surface area contributed by atoms with Gasteiger partial charge in [-0.3, -0.25) is 9.68 Å². The molecule has 2 atom stereocenters. The lowest BCUT2D eigenvalue weighted by molar-refractivity contribution is 0.115. The SMILES string of the molecule is C[C@H](c1ccc2scnc2c1)N1CCC2(CC1)CN(Cc1ncc([SH](=N)=O)cn1)C(=O)N2. The number of thiazole rings is 1. The number of urea groups is 1. The Kier molecular flexibility index (Phi) is 5.56. The van der Waals surface area contributed by atoms with Gasteiger partial charge >= 0.3 is 6.03 Å². The summed E-state index contributed by atoms with van der Waals surface area (Å²) in [5, 5.41) is 3.21. The number of thiol groups is 1. The number of nitrogens with one attached hydrogen (secondary N) is 2. The summed E-state index contributed by atoms with van der Waals surface area (Å²) >= 11 is 1.66. The number of amides is 2. The zero-order valence-electron chi connectivity index (χ0n) is 17.7. The highest BCUT2D eigenvalue weighted by Gasteiger charge is 2.45. The van der Waals surface area contributed by atoms with Gasteiger partial charge in [0.1, 0.15) is 5.82 Å². The number of carbonyl (C=O) groups excluding carboxylic acids is 1. The first-order valence-electron chi connectivity index (χ1n) is 10.6. The van der Waals surface area contributed by atoms with E-state index in [1.807, 2.05) is 5.51 Å². The van der Waals surface area contributed by atoms with E-state index in [4.69, 9.17) is 4.78 Å². The number of fused-ring (bicyclic) bond motifs is 1. The molecule has 3 aromatic rings. The molecule has 1 spiro atoms. The maximum Gasteiger partial charge on any atom is 0.318 e. The summed E-state index contributed by atoms with van der Waals surface area (Å²) < 4.78 is 19.7. The molecular weight excluding hydrogens is 446 g/mol. The fourth-order valence-corrected chi connectivity index (χ4v) is 5.57. The Balaban J connectivity index is 1.21. The second-order valence-corrected chi connectivity index (χ2v) is 10.5. The summed E-state index contributed by atoms with van der Waals surface area (Å²) in [5.41, 5.74) is 3.98. The smallest absolute Gasteiger partial charge is 0.318 e. The molecule has 11 heteroatoms. The summed E-state index contributed by atoms with van der Waals surface area (Å²) in [5.74, 6) is 0.487. The number of aromatic nitrogens is 3. The van der Waals surface area contributed by atoms with Gasteiger partial charge in [0.2, 0.25) is 0 Å². The second kappa shape index (κ2) is 8.38. The molecule has 1 unspecified atom stereocenters. The highest BCUT2D eigenvalue weighted by atomic mass is 32.2. The van der Waals surface area contributed by atoms with Crippen LogP contribution in [-0.4, -0.2) is 60.2 Å². The summed E-state index contributed by atoms with van der Waals surface area (Å²) in [6, 6.07) is 6.72. The third-order valence-electron chi connectivity index (χ3n) is 6.55. The highest BCUT2D eigenvalue weighted by molar-refractivity contribution is 7.73. The quantitative estimate of drug-likeness (QED) is 0.493. The molecule has 2 fully saturated rings. The van der Waals surface area contributed by atoms with Gasteiger partial charge in [0.05, 0.1) is 43.3 Å². The predicted octanol–water partition coefficient (Wildman–Crippen LogP) is 2.81. The van der Waals surface area contributed by atoms with Gasteiger partial charge in [-0.05, 0) is 37.5 Å². The van der Waals surface area contributed by atoms with Crippen LogP contribution in [0, 0.1) is 4.78 Å². The Morgan fingerprint density at radius 2 is 2.00 bits per heavy atom. The molecule has 0 bridgehead atoms. The molecule has 4 heterocycles. The molecule has 2 aliphatic heterocycles. The van der Waals surface area contributed by atoms with E-state index >= 15 is 0 Å². The molecule has 2 saturated heterocycles. The Morgan fingerprint density at radius 1 is 1.25 bits per heavy atom. The number of carbonyl (C=O) groups is 1. The van der Waals surface area contributed by atoms with Crippen LogP contribution >= 0.6 is 11.3 Å². The molecule has 1 aromatic carbocycles. The number of nitrogens with zero attached hydrogens (tertiary/aromatic N) is 5. The van der Waals surface area contributed by atoms with Crippen molar-refractivity contribution in [1.29, 1.82) is 4.78 Å². The first kappa shape index (κ1) is 21.2. The van der Waals surface area contributed by atoms with Crippen molar-refractivity contribution in [3.8, 4) is 0 Å². The molecule has 2 aromatic heterocycles. The minimum atomic E-state index is -2.21. The molecule has 9 nitrogen and oxygen atoms in total. The third-order valence-corrected chi connectivity index (χ3v) is 8.06. The summed E-state index contributed by atoms with van der Waals surface area (Å²) in [6.45, 7) is 4.97. The minimum Gasteiger partial charge on any atom is -0.331 e. The fraction of sp³-hybridized carbons (Fsp3) is 0.429. The number of likely N-dealkylation sites (tertiary alicyclic amines) is 1. The Bertz CT molecular complexity index is 1210. The third kappa shape index (κ3) is 4.07. The molecule has 32 heavy (non-hydrogen) atoms. The number of hydrogen-bond acceptors (Lipinski definition) is 8. The minimum absolute atomic E-state index is 0.0975. The topological polar surface area (TPSA) is 115 Å². The van der Waals surface area contributed by atoms with Crippen molar-refractivity contribution in [2.45, 2.75) is 42.8 Å². The van der Waals surface area contributed by atoms with Crippen LogP contribution in [0.3, 0.4) is 0 Å². The van der Waals surface area contributed by atoms with Gasteiger partial charge in [-0.25, -0.2) is 24.0 Å². The van der Waals surface area contributed by atoms with Crippen LogP contribution in [0.2, 0.25) is 0 Å². The Morgan fingerprint density at radius 3 is 2.72 bits per heavy atom. The summed E-state index contributed by atoms with van der Waals surface area (Å²) in [4.78, 5) is 29.9. The average molecular weight is 472 g/mol. The molecular formula is C21H25N7O2S2. The Hall–Kier alpha value is -2.63. The lowest BCUT2D eigenvalue weighted by Gasteiger charge is -2.41. The summed E-state index contributed by atoms with van der Waals surface area (Å²) in [7, 11) is -2.21. The monoisotopic (exact) mass is 471 g/mol. The van der Waals surface area contributed by atoms with E-state index in [0.717, 1.165) is 31.4 Å². The lowest BCUT2D eigenvalue weighted by atomic mass is 9.87. The lowest BCUT2D eigenvalue weighted by Crippen LogP contribution is -2.52. The number of rotatable bonds is 5. The van der Waals surface area contributed by atoms with Crippen LogP contribution in [0.5, 0.6) is 0 Å². The molecule has 2 amide bonds. The van der Waals surface area contributed by atoms with Gasteiger partial charge in [0.15, 0.2) is 0 Å². The van der Waals surface area contributed by atoms with E-state index in [-0.39, 0.29) is 11.6 Å². The zero-order valence-corrected chi connectivity index (χ0v) is 19.4. The maximum atomic E-state index is 12.6. The van der Waals surface area contributed by atoms with E-state index in [0.29, 0.717) is 29.9 Å². The number of piperidine rings is 1. The Labute approximate surface area is 191 Å². The van der Waals surface area contributed by atoms with Crippen molar-refractivity contribution < 1.29 is 9.00 Å². The molecule has 168 valence electrons. The number of benzene rings is 1. The molecule has 5 rings (SSSR count). The van der Waals surface area contributed by atoms with Gasteiger partial charge in [-0.1, -0.05) is 6.07 Å². The van der Waals surface area contributed by atoms with Crippen molar-refractivity contribution >= 4 is 38.2 Å². The van der Waals surface area contributed by atoms with Crippen LogP contribution in [0.25, 0.3) is 10.2 Å². The highest BCUT2D eigenvalue weighted by Crippen LogP contribution is 2.33. The van der Waals surface area contributed by atoms with Crippen LogP contribution in [-0.2, 0) is 17.1 Å². The summed E-state index contributed by atoms with van der Waals surface area (Å²) in [6.07, 6.45) is 4.58.